The molecular formula is C3H4NPSe. The summed E-state index contributed by atoms with van der Waals surface area (Å²) in [6, 6.07) is 0. The molecule has 0 aromatic carbocycles. The molecule has 1 nitrogen and oxygen atoms in total. The van der Waals surface area contributed by atoms with Crippen molar-refractivity contribution in [2.75, 3.05) is 5.73 Å². The molecule has 32 valence electrons. The summed E-state index contributed by atoms with van der Waals surface area (Å²) in [5, 5.41) is 0. The first-order valence-corrected chi connectivity index (χ1v) is 4.41. The Kier molecular flexibility index (Phi) is 1.31. The predicted molar refractivity (Wildman–Crippen MR) is 30.3 cm³/mol. The van der Waals surface area contributed by atoms with Crippen molar-refractivity contribution in [2.45, 2.75) is 0 Å². The van der Waals surface area contributed by atoms with Gasteiger partial charge in [-0.3, -0.25) is 0 Å². The second kappa shape index (κ2) is 1.79. The van der Waals surface area contributed by atoms with Crippen LogP contribution in [0.3, 0.4) is 0 Å². The van der Waals surface area contributed by atoms with Crippen molar-refractivity contribution in [3.05, 3.63) is 10.5 Å². The summed E-state index contributed by atoms with van der Waals surface area (Å²) in [7, 11) is 1.30. The van der Waals surface area contributed by atoms with E-state index in [1.54, 1.807) is 0 Å². The van der Waals surface area contributed by atoms with E-state index in [9.17, 15) is 0 Å². The normalized spacial score (nSPS) is 10.0. The molecule has 0 aliphatic heterocycles. The first-order valence-electron chi connectivity index (χ1n) is 1.53. The molecule has 1 aromatic rings. The molecular weight excluding hydrogens is 160 g/mol. The van der Waals surface area contributed by atoms with Crippen molar-refractivity contribution in [1.29, 1.82) is 0 Å². The Morgan fingerprint density at radius 1 is 1.83 bits per heavy atom. The van der Waals surface area contributed by atoms with E-state index in [4.69, 9.17) is 5.73 Å². The summed E-state index contributed by atoms with van der Waals surface area (Å²) in [5.41, 5.74) is 5.39. The fourth-order valence-electron chi connectivity index (χ4n) is 0.226. The van der Waals surface area contributed by atoms with Crippen LogP contribution in [-0.4, -0.2) is 14.5 Å². The van der Waals surface area contributed by atoms with Gasteiger partial charge in [-0.2, -0.15) is 0 Å². The Balaban J connectivity index is 3.05. The van der Waals surface area contributed by atoms with Crippen LogP contribution < -0.4 is 5.73 Å². The van der Waals surface area contributed by atoms with Crippen LogP contribution >= 0.6 is 8.19 Å². The Bertz CT molecular complexity index is 114. The van der Waals surface area contributed by atoms with Crippen LogP contribution in [0.2, 0.25) is 0 Å². The third-order valence-electron chi connectivity index (χ3n) is 0.451. The maximum absolute atomic E-state index is 5.39. The number of rotatable bonds is 0. The van der Waals surface area contributed by atoms with Gasteiger partial charge in [-0.15, -0.1) is 0 Å². The molecule has 0 aliphatic carbocycles. The standard InChI is InChI=1S/C3H4NPSe/c4-3-1-5-2-6-3/h1-2H,4H2. The monoisotopic (exact) mass is 165 g/mol. The minimum atomic E-state index is 0.529. The van der Waals surface area contributed by atoms with Crippen LogP contribution in [0.4, 0.5) is 4.56 Å². The van der Waals surface area contributed by atoms with Crippen molar-refractivity contribution in [3.63, 3.8) is 0 Å². The van der Waals surface area contributed by atoms with E-state index in [1.807, 2.05) is 5.80 Å². The van der Waals surface area contributed by atoms with Crippen molar-refractivity contribution in [3.8, 4) is 0 Å². The van der Waals surface area contributed by atoms with Crippen LogP contribution in [0.1, 0.15) is 0 Å². The van der Waals surface area contributed by atoms with Crippen molar-refractivity contribution in [1.82, 2.24) is 0 Å². The number of nitrogen functional groups attached to an aromatic ring is 1. The fourth-order valence-corrected chi connectivity index (χ4v) is 2.98. The van der Waals surface area contributed by atoms with Crippen LogP contribution in [-0.2, 0) is 0 Å². The second-order valence-electron chi connectivity index (χ2n) is 0.904. The molecule has 3 heteroatoms. The van der Waals surface area contributed by atoms with E-state index >= 15 is 0 Å². The van der Waals surface area contributed by atoms with Gasteiger partial charge in [-0.05, 0) is 0 Å². The third-order valence-corrected chi connectivity index (χ3v) is 3.75. The summed E-state index contributed by atoms with van der Waals surface area (Å²) in [4.78, 5) is 0. The summed E-state index contributed by atoms with van der Waals surface area (Å²) in [6.07, 6.45) is 0. The van der Waals surface area contributed by atoms with Crippen molar-refractivity contribution >= 4 is 27.3 Å². The van der Waals surface area contributed by atoms with Crippen molar-refractivity contribution < 1.29 is 0 Å². The summed E-state index contributed by atoms with van der Waals surface area (Å²) in [6.45, 7) is 0. The van der Waals surface area contributed by atoms with Gasteiger partial charge in [0.05, 0.1) is 0 Å². The zero-order valence-electron chi connectivity index (χ0n) is 3.09. The molecule has 0 radical (unpaired) electrons. The SMILES string of the molecule is Nc1cpc[se]1. The zero-order valence-corrected chi connectivity index (χ0v) is 5.70. The Hall–Kier alpha value is 0.229. The molecule has 1 aromatic heterocycles. The molecule has 0 spiro atoms. The number of nitrogens with two attached hydrogens (primary N) is 1. The van der Waals surface area contributed by atoms with E-state index < -0.39 is 0 Å². The first-order chi connectivity index (χ1) is 2.89. The van der Waals surface area contributed by atoms with E-state index in [-0.39, 0.29) is 0 Å². The van der Waals surface area contributed by atoms with Gasteiger partial charge in [-0.1, -0.05) is 0 Å². The summed E-state index contributed by atoms with van der Waals surface area (Å²) >= 11 is 0.529. The van der Waals surface area contributed by atoms with Gasteiger partial charge in [-0.25, -0.2) is 0 Å². The molecule has 6 heavy (non-hydrogen) atoms. The summed E-state index contributed by atoms with van der Waals surface area (Å²) in [5.74, 6) is 2.04. The average Bonchev–Trinajstić information content (AvgIpc) is 1.86. The topological polar surface area (TPSA) is 26.0 Å². The van der Waals surface area contributed by atoms with Gasteiger partial charge < -0.3 is 0 Å². The van der Waals surface area contributed by atoms with Gasteiger partial charge in [0.2, 0.25) is 0 Å². The molecule has 0 amide bonds. The van der Waals surface area contributed by atoms with Gasteiger partial charge in [0.15, 0.2) is 0 Å². The van der Waals surface area contributed by atoms with Crippen molar-refractivity contribution in [2.24, 2.45) is 0 Å². The molecule has 0 bridgehead atoms. The van der Waals surface area contributed by atoms with Gasteiger partial charge in [0, 0.05) is 0 Å². The zero-order chi connectivity index (χ0) is 4.41. The summed E-state index contributed by atoms with van der Waals surface area (Å²) < 4.78 is 3.27. The molecule has 1 rings (SSSR count). The average molecular weight is 164 g/mol. The van der Waals surface area contributed by atoms with Gasteiger partial charge >= 0.3 is 43.5 Å². The Morgan fingerprint density at radius 2 is 2.67 bits per heavy atom. The molecule has 0 atom stereocenters. The molecule has 0 unspecified atom stereocenters. The van der Waals surface area contributed by atoms with E-state index in [0.29, 0.717) is 14.5 Å². The van der Waals surface area contributed by atoms with Gasteiger partial charge in [0.25, 0.3) is 0 Å². The molecule has 1 heterocycles. The van der Waals surface area contributed by atoms with Crippen LogP contribution in [0.15, 0.2) is 10.5 Å². The molecule has 0 saturated heterocycles. The van der Waals surface area contributed by atoms with E-state index in [0.717, 1.165) is 4.56 Å². The quantitative estimate of drug-likeness (QED) is 0.566. The van der Waals surface area contributed by atoms with E-state index in [2.05, 4.69) is 4.67 Å². The number of anilines is 1. The third kappa shape index (κ3) is 0.844. The Labute approximate surface area is 44.0 Å². The second-order valence-corrected chi connectivity index (χ2v) is 4.48. The maximum atomic E-state index is 5.39. The Morgan fingerprint density at radius 3 is 2.83 bits per heavy atom. The number of hydrogen-bond acceptors (Lipinski definition) is 1. The molecule has 2 N–H and O–H groups in total. The first kappa shape index (κ1) is 4.39. The van der Waals surface area contributed by atoms with Crippen LogP contribution in [0, 0.1) is 0 Å². The van der Waals surface area contributed by atoms with Crippen LogP contribution in [0.5, 0.6) is 0 Å². The van der Waals surface area contributed by atoms with E-state index in [1.165, 1.54) is 8.19 Å². The molecule has 0 fully saturated rings. The molecule has 0 aliphatic rings. The van der Waals surface area contributed by atoms with Gasteiger partial charge in [0.1, 0.15) is 0 Å². The number of hydrogen-bond donors (Lipinski definition) is 1. The van der Waals surface area contributed by atoms with Crippen LogP contribution in [0.25, 0.3) is 0 Å². The molecule has 0 saturated carbocycles. The minimum absolute atomic E-state index is 0.529. The predicted octanol–water partition coefficient (Wildman–Crippen LogP) is 0.906. The fraction of sp³-hybridized carbons (Fsp3) is 0.